The Bertz CT molecular complexity index is 200. The number of nitrogens with one attached hydrogen (secondary N) is 1. The first kappa shape index (κ1) is 12.5. The van der Waals surface area contributed by atoms with Gasteiger partial charge in [-0.25, -0.2) is 0 Å². The van der Waals surface area contributed by atoms with Crippen molar-refractivity contribution in [2.45, 2.75) is 64.5 Å². The summed E-state index contributed by atoms with van der Waals surface area (Å²) in [6.07, 6.45) is 5.33. The molecule has 0 aliphatic carbocycles. The molecule has 0 amide bonds. The fourth-order valence-electron chi connectivity index (χ4n) is 1.86. The smallest absolute Gasteiger partial charge is 0.307 e. The van der Waals surface area contributed by atoms with Crippen molar-refractivity contribution < 1.29 is 9.53 Å². The van der Waals surface area contributed by atoms with Gasteiger partial charge in [-0.15, -0.1) is 0 Å². The summed E-state index contributed by atoms with van der Waals surface area (Å²) in [5.74, 6) is -0.0816. The molecule has 3 nitrogen and oxygen atoms in total. The van der Waals surface area contributed by atoms with Crippen LogP contribution in [-0.2, 0) is 9.53 Å². The molecule has 88 valence electrons. The number of carbonyl (C=O) groups is 1. The lowest BCUT2D eigenvalue weighted by atomic mass is 10.1. The maximum atomic E-state index is 11.6. The maximum absolute atomic E-state index is 11.6. The molecule has 1 fully saturated rings. The van der Waals surface area contributed by atoms with E-state index in [0.717, 1.165) is 13.0 Å². The normalized spacial score (nSPS) is 23.3. The van der Waals surface area contributed by atoms with Gasteiger partial charge in [0.1, 0.15) is 5.60 Å². The summed E-state index contributed by atoms with van der Waals surface area (Å²) in [6.45, 7) is 6.76. The van der Waals surface area contributed by atoms with E-state index >= 15 is 0 Å². The summed E-state index contributed by atoms with van der Waals surface area (Å²) in [5.41, 5.74) is -0.359. The molecule has 1 atom stereocenters. The first-order valence-electron chi connectivity index (χ1n) is 5.92. The first-order valence-corrected chi connectivity index (χ1v) is 5.92. The van der Waals surface area contributed by atoms with Gasteiger partial charge in [-0.2, -0.15) is 0 Å². The van der Waals surface area contributed by atoms with E-state index in [4.69, 9.17) is 4.74 Å². The van der Waals surface area contributed by atoms with Crippen molar-refractivity contribution in [3.8, 4) is 0 Å². The second-order valence-corrected chi connectivity index (χ2v) is 5.29. The minimum atomic E-state index is -0.359. The number of hydrogen-bond donors (Lipinski definition) is 1. The van der Waals surface area contributed by atoms with E-state index in [1.165, 1.54) is 19.3 Å². The quantitative estimate of drug-likeness (QED) is 0.715. The Morgan fingerprint density at radius 3 is 2.73 bits per heavy atom. The molecule has 1 heterocycles. The van der Waals surface area contributed by atoms with Crippen molar-refractivity contribution >= 4 is 5.97 Å². The molecule has 3 heteroatoms. The highest BCUT2D eigenvalue weighted by atomic mass is 16.6. The first-order chi connectivity index (χ1) is 6.97. The van der Waals surface area contributed by atoms with E-state index in [0.29, 0.717) is 12.5 Å². The molecule has 1 rings (SSSR count). The van der Waals surface area contributed by atoms with E-state index in [9.17, 15) is 4.79 Å². The molecular formula is C12H23NO2. The molecule has 0 aromatic heterocycles. The second-order valence-electron chi connectivity index (χ2n) is 5.29. The van der Waals surface area contributed by atoms with Crippen molar-refractivity contribution in [1.29, 1.82) is 0 Å². The Kier molecular flexibility index (Phi) is 4.58. The van der Waals surface area contributed by atoms with Crippen LogP contribution in [0, 0.1) is 0 Å². The Hall–Kier alpha value is -0.570. The van der Waals surface area contributed by atoms with Gasteiger partial charge in [0.15, 0.2) is 0 Å². The molecule has 15 heavy (non-hydrogen) atoms. The monoisotopic (exact) mass is 213 g/mol. The molecular weight excluding hydrogens is 190 g/mol. The fourth-order valence-corrected chi connectivity index (χ4v) is 1.86. The third kappa shape index (κ3) is 5.78. The lowest BCUT2D eigenvalue weighted by Gasteiger charge is -2.22. The summed E-state index contributed by atoms with van der Waals surface area (Å²) in [4.78, 5) is 11.6. The van der Waals surface area contributed by atoms with E-state index < -0.39 is 0 Å². The molecule has 0 unspecified atom stereocenters. The summed E-state index contributed by atoms with van der Waals surface area (Å²) in [6, 6.07) is 0.322. The predicted octanol–water partition coefficient (Wildman–Crippen LogP) is 2.25. The van der Waals surface area contributed by atoms with Crippen molar-refractivity contribution in [1.82, 2.24) is 5.32 Å². The Balaban J connectivity index is 2.30. The molecule has 0 radical (unpaired) electrons. The molecule has 0 spiro atoms. The summed E-state index contributed by atoms with van der Waals surface area (Å²) < 4.78 is 5.30. The van der Waals surface area contributed by atoms with Crippen LogP contribution >= 0.6 is 0 Å². The van der Waals surface area contributed by atoms with E-state index in [1.54, 1.807) is 0 Å². The largest absolute Gasteiger partial charge is 0.460 e. The third-order valence-corrected chi connectivity index (χ3v) is 2.50. The summed E-state index contributed by atoms with van der Waals surface area (Å²) in [7, 11) is 0. The average molecular weight is 213 g/mol. The topological polar surface area (TPSA) is 38.3 Å². The van der Waals surface area contributed by atoms with Gasteiger partial charge in [-0.05, 0) is 40.2 Å². The molecule has 1 aliphatic heterocycles. The number of rotatable bonds is 2. The zero-order chi connectivity index (χ0) is 11.3. The van der Waals surface area contributed by atoms with Gasteiger partial charge >= 0.3 is 5.97 Å². The van der Waals surface area contributed by atoms with Crippen LogP contribution < -0.4 is 5.32 Å². The van der Waals surface area contributed by atoms with Crippen LogP contribution in [0.4, 0.5) is 0 Å². The molecule has 0 saturated carbocycles. The van der Waals surface area contributed by atoms with Gasteiger partial charge in [-0.1, -0.05) is 12.8 Å². The van der Waals surface area contributed by atoms with Crippen LogP contribution in [0.5, 0.6) is 0 Å². The van der Waals surface area contributed by atoms with Crippen LogP contribution in [0.25, 0.3) is 0 Å². The SMILES string of the molecule is CC(C)(C)OC(=O)C[C@@H]1CCCCCN1. The lowest BCUT2D eigenvalue weighted by molar-refractivity contribution is -0.155. The lowest BCUT2D eigenvalue weighted by Crippen LogP contribution is -2.33. The highest BCUT2D eigenvalue weighted by Crippen LogP contribution is 2.14. The standard InChI is InChI=1S/C12H23NO2/c1-12(2,3)15-11(14)9-10-7-5-4-6-8-13-10/h10,13H,4-9H2,1-3H3/t10-/m0/s1. The third-order valence-electron chi connectivity index (χ3n) is 2.50. The molecule has 0 bridgehead atoms. The van der Waals surface area contributed by atoms with Crippen LogP contribution in [0.2, 0.25) is 0 Å². The predicted molar refractivity (Wildman–Crippen MR) is 60.7 cm³/mol. The Morgan fingerprint density at radius 1 is 1.33 bits per heavy atom. The second kappa shape index (κ2) is 5.50. The number of hydrogen-bond acceptors (Lipinski definition) is 3. The highest BCUT2D eigenvalue weighted by molar-refractivity contribution is 5.70. The minimum Gasteiger partial charge on any atom is -0.460 e. The van der Waals surface area contributed by atoms with Gasteiger partial charge in [-0.3, -0.25) is 4.79 Å². The summed E-state index contributed by atoms with van der Waals surface area (Å²) in [5, 5.41) is 3.40. The van der Waals surface area contributed by atoms with Gasteiger partial charge < -0.3 is 10.1 Å². The van der Waals surface area contributed by atoms with E-state index in [-0.39, 0.29) is 11.6 Å². The number of ether oxygens (including phenoxy) is 1. The zero-order valence-electron chi connectivity index (χ0n) is 10.1. The molecule has 1 saturated heterocycles. The van der Waals surface area contributed by atoms with Gasteiger partial charge in [0.2, 0.25) is 0 Å². The molecule has 1 aliphatic rings. The van der Waals surface area contributed by atoms with E-state index in [1.807, 2.05) is 20.8 Å². The van der Waals surface area contributed by atoms with Crippen LogP contribution in [-0.4, -0.2) is 24.2 Å². The average Bonchev–Trinajstić information content (AvgIpc) is 2.28. The minimum absolute atomic E-state index is 0.0816. The summed E-state index contributed by atoms with van der Waals surface area (Å²) >= 11 is 0. The van der Waals surface area contributed by atoms with Crippen molar-refractivity contribution in [2.24, 2.45) is 0 Å². The van der Waals surface area contributed by atoms with Crippen molar-refractivity contribution in [2.75, 3.05) is 6.54 Å². The number of esters is 1. The van der Waals surface area contributed by atoms with Crippen LogP contribution in [0.3, 0.4) is 0 Å². The van der Waals surface area contributed by atoms with Gasteiger partial charge in [0.25, 0.3) is 0 Å². The van der Waals surface area contributed by atoms with Gasteiger partial charge in [0.05, 0.1) is 6.42 Å². The van der Waals surface area contributed by atoms with Crippen LogP contribution in [0.15, 0.2) is 0 Å². The molecule has 0 aromatic rings. The molecule has 0 aromatic carbocycles. The highest BCUT2D eigenvalue weighted by Gasteiger charge is 2.20. The van der Waals surface area contributed by atoms with Crippen molar-refractivity contribution in [3.05, 3.63) is 0 Å². The zero-order valence-corrected chi connectivity index (χ0v) is 10.1. The fraction of sp³-hybridized carbons (Fsp3) is 0.917. The van der Waals surface area contributed by atoms with Crippen molar-refractivity contribution in [3.63, 3.8) is 0 Å². The van der Waals surface area contributed by atoms with Gasteiger partial charge in [0, 0.05) is 6.04 Å². The number of carbonyl (C=O) groups excluding carboxylic acids is 1. The molecule has 1 N–H and O–H groups in total. The van der Waals surface area contributed by atoms with Crippen LogP contribution in [0.1, 0.15) is 52.9 Å². The Labute approximate surface area is 92.6 Å². The van der Waals surface area contributed by atoms with E-state index in [2.05, 4.69) is 5.32 Å². The Morgan fingerprint density at radius 2 is 2.07 bits per heavy atom. The maximum Gasteiger partial charge on any atom is 0.307 e.